The molecule has 2 aliphatic heterocycles. The summed E-state index contributed by atoms with van der Waals surface area (Å²) in [7, 11) is 0. The fraction of sp³-hybridized carbons (Fsp3) is 0.296. The highest BCUT2D eigenvalue weighted by molar-refractivity contribution is 6.30. The first-order valence-electron chi connectivity index (χ1n) is 10.9. The van der Waals surface area contributed by atoms with E-state index in [0.717, 1.165) is 37.1 Å². The topological polar surface area (TPSA) is 33.5 Å². The van der Waals surface area contributed by atoms with Gasteiger partial charge in [0.15, 0.2) is 0 Å². The Kier molecular flexibility index (Phi) is 4.82. The second-order valence-corrected chi connectivity index (χ2v) is 9.31. The Hall–Kier alpha value is -2.78. The van der Waals surface area contributed by atoms with Crippen molar-refractivity contribution in [2.45, 2.75) is 45.4 Å². The molecular formula is C27H26ClNO2. The van der Waals surface area contributed by atoms with E-state index < -0.39 is 0 Å². The van der Waals surface area contributed by atoms with Crippen molar-refractivity contribution in [2.24, 2.45) is 0 Å². The van der Waals surface area contributed by atoms with Crippen LogP contribution in [0.1, 0.15) is 50.5 Å². The van der Waals surface area contributed by atoms with Gasteiger partial charge in [-0.15, -0.1) is 0 Å². The molecular weight excluding hydrogens is 406 g/mol. The first-order valence-corrected chi connectivity index (χ1v) is 11.3. The van der Waals surface area contributed by atoms with Crippen LogP contribution in [-0.2, 0) is 11.8 Å². The number of benzene rings is 2. The maximum Gasteiger partial charge on any atom is 0.200 e. The van der Waals surface area contributed by atoms with Crippen LogP contribution in [0.25, 0.3) is 16.9 Å². The number of likely N-dealkylation sites (N-methyl/N-ethyl adjacent to an activating group) is 1. The van der Waals surface area contributed by atoms with Crippen LogP contribution in [-0.4, -0.2) is 6.54 Å². The van der Waals surface area contributed by atoms with Gasteiger partial charge in [-0.1, -0.05) is 49.7 Å². The number of nitrogens with zero attached hydrogens (tertiary/aromatic N) is 1. The maximum atomic E-state index is 12.0. The number of hydrogen-bond donors (Lipinski definition) is 0. The molecule has 3 nitrogen and oxygen atoms in total. The van der Waals surface area contributed by atoms with E-state index in [-0.39, 0.29) is 15.9 Å². The van der Waals surface area contributed by atoms with Gasteiger partial charge in [-0.2, -0.15) is 0 Å². The molecule has 0 radical (unpaired) electrons. The van der Waals surface area contributed by atoms with Crippen molar-refractivity contribution < 1.29 is 4.42 Å². The standard InChI is InChI=1S/C27H26ClNO2/c1-4-29-22-11-6-5-10-20(22)27(2,3)25(29)13-12-17-8-7-9-18-14-19-15-21(28)23(30)16-24(19)31-26(17)18/h5-6,10-16H,4,7-9H2,1-3H3/b17-12-,25-13-. The Labute approximate surface area is 188 Å². The molecule has 0 fully saturated rings. The van der Waals surface area contributed by atoms with E-state index in [1.54, 1.807) is 6.07 Å². The van der Waals surface area contributed by atoms with Gasteiger partial charge in [0.25, 0.3) is 0 Å². The van der Waals surface area contributed by atoms with Gasteiger partial charge in [-0.05, 0) is 67.2 Å². The molecule has 0 spiro atoms. The quantitative estimate of drug-likeness (QED) is 0.446. The third-order valence-electron chi connectivity index (χ3n) is 6.64. The lowest BCUT2D eigenvalue weighted by atomic mass is 9.83. The predicted octanol–water partition coefficient (Wildman–Crippen LogP) is 6.82. The molecule has 0 unspecified atom stereocenters. The molecule has 0 aromatic heterocycles. The van der Waals surface area contributed by atoms with Crippen molar-refractivity contribution in [1.82, 2.24) is 0 Å². The Morgan fingerprint density at radius 3 is 2.74 bits per heavy atom. The number of fused-ring (bicyclic) bond motifs is 3. The number of anilines is 1. The van der Waals surface area contributed by atoms with E-state index in [9.17, 15) is 4.79 Å². The number of halogens is 1. The van der Waals surface area contributed by atoms with Crippen LogP contribution < -0.4 is 10.3 Å². The van der Waals surface area contributed by atoms with Crippen LogP contribution in [0.4, 0.5) is 5.69 Å². The molecule has 0 saturated carbocycles. The van der Waals surface area contributed by atoms with E-state index in [2.05, 4.69) is 68.2 Å². The highest BCUT2D eigenvalue weighted by Crippen LogP contribution is 2.47. The monoisotopic (exact) mass is 431 g/mol. The molecule has 0 N–H and O–H groups in total. The van der Waals surface area contributed by atoms with Crippen molar-refractivity contribution in [3.05, 3.63) is 92.4 Å². The zero-order valence-corrected chi connectivity index (χ0v) is 18.9. The number of rotatable bonds is 2. The van der Waals surface area contributed by atoms with Crippen molar-refractivity contribution >= 4 is 22.9 Å². The molecule has 0 atom stereocenters. The van der Waals surface area contributed by atoms with Crippen molar-refractivity contribution in [3.8, 4) is 11.3 Å². The Balaban J connectivity index is 1.61. The zero-order valence-electron chi connectivity index (χ0n) is 18.2. The van der Waals surface area contributed by atoms with Gasteiger partial charge in [0.1, 0.15) is 11.5 Å². The Morgan fingerprint density at radius 1 is 1.13 bits per heavy atom. The minimum absolute atomic E-state index is 0.0596. The van der Waals surface area contributed by atoms with E-state index in [1.165, 1.54) is 34.2 Å². The smallest absolute Gasteiger partial charge is 0.200 e. The summed E-state index contributed by atoms with van der Waals surface area (Å²) in [5, 5.41) is 0.238. The summed E-state index contributed by atoms with van der Waals surface area (Å²) in [5.74, 6) is 1.49. The van der Waals surface area contributed by atoms with Gasteiger partial charge < -0.3 is 9.32 Å². The highest BCUT2D eigenvalue weighted by Gasteiger charge is 2.38. The first-order chi connectivity index (χ1) is 14.9. The van der Waals surface area contributed by atoms with Crippen molar-refractivity contribution in [3.63, 3.8) is 0 Å². The van der Waals surface area contributed by atoms with Crippen LogP contribution in [0.15, 0.2) is 69.5 Å². The molecule has 0 bridgehead atoms. The minimum atomic E-state index is -0.203. The second-order valence-electron chi connectivity index (χ2n) is 8.90. The van der Waals surface area contributed by atoms with Crippen LogP contribution in [0.3, 0.4) is 0 Å². The summed E-state index contributed by atoms with van der Waals surface area (Å²) in [6.45, 7) is 7.70. The molecule has 4 heteroatoms. The van der Waals surface area contributed by atoms with Gasteiger partial charge in [0.2, 0.25) is 5.43 Å². The summed E-state index contributed by atoms with van der Waals surface area (Å²) >= 11 is 6.04. The SMILES string of the molecule is CCN1/C(=C\C=C2\CCCc3cc4cc(Cl)c(=O)cc-4oc32)C(C)(C)c2ccccc21. The molecule has 4 aliphatic rings. The average molecular weight is 432 g/mol. The van der Waals surface area contributed by atoms with Crippen LogP contribution >= 0.6 is 11.6 Å². The van der Waals surface area contributed by atoms with Crippen molar-refractivity contribution in [2.75, 3.05) is 11.4 Å². The molecule has 2 heterocycles. The van der Waals surface area contributed by atoms with E-state index in [1.807, 2.05) is 0 Å². The molecule has 1 aromatic carbocycles. The van der Waals surface area contributed by atoms with E-state index in [4.69, 9.17) is 16.0 Å². The van der Waals surface area contributed by atoms with E-state index in [0.29, 0.717) is 5.76 Å². The third kappa shape index (κ3) is 3.23. The molecule has 1 aromatic rings. The normalized spacial score (nSPS) is 19.8. The number of allylic oxidation sites excluding steroid dienone is 4. The summed E-state index contributed by atoms with van der Waals surface area (Å²) in [6.07, 6.45) is 7.49. The summed E-state index contributed by atoms with van der Waals surface area (Å²) in [4.78, 5) is 14.4. The predicted molar refractivity (Wildman–Crippen MR) is 128 cm³/mol. The second kappa shape index (κ2) is 7.42. The molecule has 2 aliphatic carbocycles. The lowest BCUT2D eigenvalue weighted by Gasteiger charge is -2.26. The van der Waals surface area contributed by atoms with Gasteiger partial charge in [-0.25, -0.2) is 0 Å². The van der Waals surface area contributed by atoms with Gasteiger partial charge in [0, 0.05) is 35.0 Å². The largest absolute Gasteiger partial charge is 0.456 e. The van der Waals surface area contributed by atoms with Gasteiger partial charge in [0.05, 0.1) is 5.02 Å². The highest BCUT2D eigenvalue weighted by atomic mass is 35.5. The van der Waals surface area contributed by atoms with E-state index >= 15 is 0 Å². The number of aryl methyl sites for hydroxylation is 1. The molecule has 0 saturated heterocycles. The number of hydrogen-bond acceptors (Lipinski definition) is 3. The van der Waals surface area contributed by atoms with Gasteiger partial charge >= 0.3 is 0 Å². The Bertz CT molecular complexity index is 1260. The fourth-order valence-corrected chi connectivity index (χ4v) is 5.21. The summed E-state index contributed by atoms with van der Waals surface area (Å²) in [6, 6.07) is 14.0. The van der Waals surface area contributed by atoms with Crippen LogP contribution in [0.5, 0.6) is 0 Å². The lowest BCUT2D eigenvalue weighted by molar-refractivity contribution is 0.526. The first kappa shape index (κ1) is 20.1. The fourth-order valence-electron chi connectivity index (χ4n) is 5.04. The maximum absolute atomic E-state index is 12.0. The minimum Gasteiger partial charge on any atom is -0.456 e. The Morgan fingerprint density at radius 2 is 1.94 bits per heavy atom. The van der Waals surface area contributed by atoms with Gasteiger partial charge in [-0.3, -0.25) is 4.79 Å². The third-order valence-corrected chi connectivity index (χ3v) is 6.93. The number of para-hydroxylation sites is 1. The summed E-state index contributed by atoms with van der Waals surface area (Å²) in [5.41, 5.74) is 6.93. The van der Waals surface area contributed by atoms with Crippen molar-refractivity contribution in [1.29, 1.82) is 0 Å². The van der Waals surface area contributed by atoms with Crippen LogP contribution in [0.2, 0.25) is 5.02 Å². The average Bonchev–Trinajstić information content (AvgIpc) is 2.98. The van der Waals surface area contributed by atoms with Crippen LogP contribution in [0, 0.1) is 0 Å². The molecule has 158 valence electrons. The molecule has 31 heavy (non-hydrogen) atoms. The molecule has 5 rings (SSSR count). The molecule has 0 amide bonds. The zero-order chi connectivity index (χ0) is 21.8. The summed E-state index contributed by atoms with van der Waals surface area (Å²) < 4.78 is 6.25. The lowest BCUT2D eigenvalue weighted by Crippen LogP contribution is -2.25.